The van der Waals surface area contributed by atoms with Gasteiger partial charge in [-0.3, -0.25) is 4.79 Å². The average Bonchev–Trinajstić information content (AvgIpc) is 3.03. The van der Waals surface area contributed by atoms with Gasteiger partial charge in [-0.15, -0.1) is 11.3 Å². The summed E-state index contributed by atoms with van der Waals surface area (Å²) in [5, 5.41) is 9.49. The zero-order valence-electron chi connectivity index (χ0n) is 13.4. The molecule has 1 aliphatic rings. The topological polar surface area (TPSA) is 54.0 Å². The third-order valence-electron chi connectivity index (χ3n) is 3.91. The second-order valence-electron chi connectivity index (χ2n) is 6.78. The Hall–Kier alpha value is -1.24. The lowest BCUT2D eigenvalue weighted by atomic mass is 9.93. The van der Waals surface area contributed by atoms with Gasteiger partial charge in [0.05, 0.1) is 11.6 Å². The van der Waals surface area contributed by atoms with Crippen LogP contribution in [-0.4, -0.2) is 17.4 Å². The van der Waals surface area contributed by atoms with Gasteiger partial charge < -0.3 is 10.6 Å². The smallest absolute Gasteiger partial charge is 0.233 e. The van der Waals surface area contributed by atoms with Crippen LogP contribution >= 0.6 is 27.3 Å². The molecule has 1 aromatic carbocycles. The van der Waals surface area contributed by atoms with Gasteiger partial charge in [-0.1, -0.05) is 42.8 Å². The lowest BCUT2D eigenvalue weighted by molar-refractivity contribution is -0.116. The van der Waals surface area contributed by atoms with Crippen LogP contribution in [0.5, 0.6) is 0 Å². The van der Waals surface area contributed by atoms with Gasteiger partial charge in [-0.05, 0) is 17.7 Å². The summed E-state index contributed by atoms with van der Waals surface area (Å²) in [7, 11) is 0. The summed E-state index contributed by atoms with van der Waals surface area (Å²) in [6.07, 6.45) is 0. The summed E-state index contributed by atoms with van der Waals surface area (Å²) < 4.78 is 0.975. The molecule has 0 saturated heterocycles. The van der Waals surface area contributed by atoms with Crippen molar-refractivity contribution in [1.82, 2.24) is 10.3 Å². The van der Waals surface area contributed by atoms with Gasteiger partial charge in [0.2, 0.25) is 5.91 Å². The largest absolute Gasteiger partial charge is 0.325 e. The Labute approximate surface area is 148 Å². The van der Waals surface area contributed by atoms with Crippen molar-refractivity contribution < 1.29 is 4.79 Å². The summed E-state index contributed by atoms with van der Waals surface area (Å²) in [5.74, 6) is -0.0831. The molecule has 1 amide bonds. The molecule has 0 aliphatic carbocycles. The molecule has 0 saturated carbocycles. The number of rotatable bonds is 4. The zero-order chi connectivity index (χ0) is 16.6. The lowest BCUT2D eigenvalue weighted by Crippen LogP contribution is -2.26. The Morgan fingerprint density at radius 1 is 1.39 bits per heavy atom. The zero-order valence-corrected chi connectivity index (χ0v) is 15.8. The van der Waals surface area contributed by atoms with Crippen LogP contribution in [0.25, 0.3) is 0 Å². The van der Waals surface area contributed by atoms with Gasteiger partial charge in [0, 0.05) is 34.0 Å². The monoisotopic (exact) mass is 393 g/mol. The highest BCUT2D eigenvalue weighted by atomic mass is 79.9. The number of anilines is 1. The molecule has 23 heavy (non-hydrogen) atoms. The number of aromatic nitrogens is 1. The molecule has 0 bridgehead atoms. The van der Waals surface area contributed by atoms with E-state index in [0.29, 0.717) is 13.1 Å². The van der Waals surface area contributed by atoms with Crippen molar-refractivity contribution in [3.05, 3.63) is 44.3 Å². The average molecular weight is 394 g/mol. The molecular weight excluding hydrogens is 374 g/mol. The minimum atomic E-state index is -0.139. The van der Waals surface area contributed by atoms with E-state index in [1.54, 1.807) is 11.3 Å². The van der Waals surface area contributed by atoms with Gasteiger partial charge in [-0.2, -0.15) is 0 Å². The highest BCUT2D eigenvalue weighted by molar-refractivity contribution is 9.10. The second kappa shape index (κ2) is 6.34. The van der Waals surface area contributed by atoms with Crippen LogP contribution in [0, 0.1) is 0 Å². The van der Waals surface area contributed by atoms with E-state index in [4.69, 9.17) is 0 Å². The highest BCUT2D eigenvalue weighted by Crippen LogP contribution is 2.34. The number of hydrogen-bond acceptors (Lipinski definition) is 4. The summed E-state index contributed by atoms with van der Waals surface area (Å²) >= 11 is 5.10. The molecule has 3 rings (SSSR count). The van der Waals surface area contributed by atoms with E-state index in [1.165, 1.54) is 0 Å². The molecule has 1 aromatic heterocycles. The molecule has 1 unspecified atom stereocenters. The first kappa shape index (κ1) is 16.6. The quantitative estimate of drug-likeness (QED) is 0.824. The van der Waals surface area contributed by atoms with Crippen LogP contribution in [0.2, 0.25) is 0 Å². The minimum Gasteiger partial charge on any atom is -0.325 e. The molecule has 1 aliphatic heterocycles. The van der Waals surface area contributed by atoms with Gasteiger partial charge in [0.25, 0.3) is 0 Å². The van der Waals surface area contributed by atoms with E-state index in [9.17, 15) is 4.79 Å². The van der Waals surface area contributed by atoms with E-state index in [2.05, 4.69) is 57.7 Å². The SMILES string of the molecule is CC(C)(C)c1csc(CNCC2C(=O)Nc3cc(Br)ccc32)n1. The number of nitrogens with zero attached hydrogens (tertiary/aromatic N) is 1. The van der Waals surface area contributed by atoms with Crippen molar-refractivity contribution in [1.29, 1.82) is 0 Å². The summed E-state index contributed by atoms with van der Waals surface area (Å²) in [5.41, 5.74) is 3.15. The first-order chi connectivity index (χ1) is 10.8. The maximum atomic E-state index is 12.1. The number of halogens is 1. The van der Waals surface area contributed by atoms with Crippen LogP contribution in [0.1, 0.15) is 43.0 Å². The van der Waals surface area contributed by atoms with E-state index in [1.807, 2.05) is 18.2 Å². The predicted octanol–water partition coefficient (Wildman–Crippen LogP) is 4.03. The molecule has 2 N–H and O–H groups in total. The Kier molecular flexibility index (Phi) is 4.58. The number of carbonyl (C=O) groups excluding carboxylic acids is 1. The molecule has 2 aromatic rings. The molecule has 122 valence electrons. The number of hydrogen-bond donors (Lipinski definition) is 2. The fourth-order valence-electron chi connectivity index (χ4n) is 2.56. The third kappa shape index (κ3) is 3.65. The Balaban J connectivity index is 1.61. The Morgan fingerprint density at radius 2 is 2.17 bits per heavy atom. The lowest BCUT2D eigenvalue weighted by Gasteiger charge is -2.14. The number of carbonyl (C=O) groups is 1. The van der Waals surface area contributed by atoms with Crippen molar-refractivity contribution in [2.24, 2.45) is 0 Å². The summed E-state index contributed by atoms with van der Waals surface area (Å²) in [4.78, 5) is 16.8. The molecule has 2 heterocycles. The molecular formula is C17H20BrN3OS. The van der Waals surface area contributed by atoms with Crippen molar-refractivity contribution in [3.8, 4) is 0 Å². The summed E-state index contributed by atoms with van der Waals surface area (Å²) in [6.45, 7) is 7.80. The standard InChI is InChI=1S/C17H20BrN3OS/c1-17(2,3)14-9-23-15(21-14)8-19-7-12-11-5-4-10(18)6-13(11)20-16(12)22/h4-6,9,12,19H,7-8H2,1-3H3,(H,20,22). The van der Waals surface area contributed by atoms with E-state index >= 15 is 0 Å². The van der Waals surface area contributed by atoms with Crippen molar-refractivity contribution in [2.45, 2.75) is 38.6 Å². The summed E-state index contributed by atoms with van der Waals surface area (Å²) in [6, 6.07) is 5.93. The molecule has 1 atom stereocenters. The van der Waals surface area contributed by atoms with Crippen molar-refractivity contribution in [3.63, 3.8) is 0 Å². The fraction of sp³-hybridized carbons (Fsp3) is 0.412. The number of fused-ring (bicyclic) bond motifs is 1. The van der Waals surface area contributed by atoms with Crippen LogP contribution in [0.3, 0.4) is 0 Å². The minimum absolute atomic E-state index is 0.0557. The fourth-order valence-corrected chi connectivity index (χ4v) is 3.92. The Bertz CT molecular complexity index is 736. The molecule has 0 radical (unpaired) electrons. The van der Waals surface area contributed by atoms with Crippen LogP contribution in [0.4, 0.5) is 5.69 Å². The molecule has 6 heteroatoms. The van der Waals surface area contributed by atoms with Gasteiger partial charge in [0.15, 0.2) is 0 Å². The van der Waals surface area contributed by atoms with E-state index in [-0.39, 0.29) is 17.2 Å². The van der Waals surface area contributed by atoms with Gasteiger partial charge in [-0.25, -0.2) is 4.98 Å². The van der Waals surface area contributed by atoms with Crippen molar-refractivity contribution in [2.75, 3.05) is 11.9 Å². The second-order valence-corrected chi connectivity index (χ2v) is 8.64. The third-order valence-corrected chi connectivity index (χ3v) is 5.25. The number of thiazole rings is 1. The van der Waals surface area contributed by atoms with Gasteiger partial charge in [0.1, 0.15) is 5.01 Å². The highest BCUT2D eigenvalue weighted by Gasteiger charge is 2.30. The first-order valence-corrected chi connectivity index (χ1v) is 9.28. The normalized spacial score (nSPS) is 17.2. The molecule has 0 fully saturated rings. The van der Waals surface area contributed by atoms with Crippen molar-refractivity contribution >= 4 is 38.9 Å². The maximum absolute atomic E-state index is 12.1. The predicted molar refractivity (Wildman–Crippen MR) is 98.0 cm³/mol. The van der Waals surface area contributed by atoms with Crippen LogP contribution in [0.15, 0.2) is 28.1 Å². The first-order valence-electron chi connectivity index (χ1n) is 7.60. The van der Waals surface area contributed by atoms with Gasteiger partial charge >= 0.3 is 0 Å². The number of nitrogens with one attached hydrogen (secondary N) is 2. The number of benzene rings is 1. The molecule has 0 spiro atoms. The van der Waals surface area contributed by atoms with Crippen LogP contribution < -0.4 is 10.6 Å². The van der Waals surface area contributed by atoms with E-state index < -0.39 is 0 Å². The van der Waals surface area contributed by atoms with Crippen LogP contribution in [-0.2, 0) is 16.8 Å². The number of amides is 1. The Morgan fingerprint density at radius 3 is 2.87 bits per heavy atom. The molecule has 4 nitrogen and oxygen atoms in total. The van der Waals surface area contributed by atoms with E-state index in [0.717, 1.165) is 26.4 Å². The maximum Gasteiger partial charge on any atom is 0.233 e.